The van der Waals surface area contributed by atoms with Crippen molar-refractivity contribution >= 4 is 17.5 Å². The molecule has 0 aliphatic carbocycles. The number of halogens is 1. The van der Waals surface area contributed by atoms with Crippen molar-refractivity contribution in [2.24, 2.45) is 11.6 Å². The number of carbonyl (C=O) groups is 1. The van der Waals surface area contributed by atoms with Crippen molar-refractivity contribution in [3.63, 3.8) is 0 Å². The number of nitrogens with two attached hydrogens (primary N) is 2. The van der Waals surface area contributed by atoms with Gasteiger partial charge >= 0.3 is 0 Å². The fourth-order valence-electron chi connectivity index (χ4n) is 1.93. The molecule has 6 nitrogen and oxygen atoms in total. The van der Waals surface area contributed by atoms with Crippen LogP contribution in [0, 0.1) is 5.82 Å². The molecule has 2 heterocycles. The highest BCUT2D eigenvalue weighted by molar-refractivity contribution is 5.97. The topological polar surface area (TPSA) is 97.3 Å². The van der Waals surface area contributed by atoms with Crippen LogP contribution in [0.15, 0.2) is 6.07 Å². The summed E-state index contributed by atoms with van der Waals surface area (Å²) in [4.78, 5) is 16.9. The summed E-state index contributed by atoms with van der Waals surface area (Å²) in [7, 11) is 0. The number of anilines is 2. The largest absolute Gasteiger partial charge is 0.365 e. The maximum absolute atomic E-state index is 13.8. The average Bonchev–Trinajstić information content (AvgIpc) is 2.82. The lowest BCUT2D eigenvalue weighted by Gasteiger charge is -2.18. The van der Waals surface area contributed by atoms with Gasteiger partial charge in [-0.05, 0) is 18.9 Å². The van der Waals surface area contributed by atoms with Crippen LogP contribution in [0.3, 0.4) is 0 Å². The number of amides is 1. The summed E-state index contributed by atoms with van der Waals surface area (Å²) in [5, 5.41) is 0. The Morgan fingerprint density at radius 3 is 2.65 bits per heavy atom. The number of aromatic nitrogens is 1. The van der Waals surface area contributed by atoms with Gasteiger partial charge in [-0.2, -0.15) is 0 Å². The fraction of sp³-hybridized carbons (Fsp3) is 0.400. The van der Waals surface area contributed by atoms with Gasteiger partial charge in [-0.3, -0.25) is 4.79 Å². The summed E-state index contributed by atoms with van der Waals surface area (Å²) in [6.07, 6.45) is 2.01. The molecule has 0 aromatic carbocycles. The van der Waals surface area contributed by atoms with Gasteiger partial charge in [0.05, 0.1) is 5.56 Å². The lowest BCUT2D eigenvalue weighted by atomic mass is 10.2. The molecule has 17 heavy (non-hydrogen) atoms. The quantitative estimate of drug-likeness (QED) is 0.517. The van der Waals surface area contributed by atoms with Gasteiger partial charge in [0.2, 0.25) is 0 Å². The number of hydrogen-bond donors (Lipinski definition) is 3. The number of pyridine rings is 1. The summed E-state index contributed by atoms with van der Waals surface area (Å²) >= 11 is 0. The van der Waals surface area contributed by atoms with Crippen molar-refractivity contribution < 1.29 is 9.18 Å². The number of nitrogen functional groups attached to an aromatic ring is 1. The van der Waals surface area contributed by atoms with Crippen LogP contribution in [-0.4, -0.2) is 24.0 Å². The van der Waals surface area contributed by atoms with E-state index >= 15 is 0 Å². The molecule has 0 bridgehead atoms. The smallest absolute Gasteiger partial charge is 0.252 e. The second-order valence-corrected chi connectivity index (χ2v) is 3.89. The van der Waals surface area contributed by atoms with Crippen molar-refractivity contribution in [1.29, 1.82) is 0 Å². The van der Waals surface area contributed by atoms with Crippen LogP contribution in [0.25, 0.3) is 0 Å². The Bertz CT molecular complexity index is 445. The number of nitrogens with zero attached hydrogens (tertiary/aromatic N) is 2. The molecule has 1 aromatic rings. The lowest BCUT2D eigenvalue weighted by molar-refractivity contribution is 0.100. The van der Waals surface area contributed by atoms with Crippen LogP contribution < -0.4 is 21.9 Å². The number of primary amides is 1. The number of rotatable bonds is 3. The summed E-state index contributed by atoms with van der Waals surface area (Å²) in [5.41, 5.74) is 7.32. The first-order chi connectivity index (χ1) is 8.13. The van der Waals surface area contributed by atoms with Gasteiger partial charge in [0.15, 0.2) is 17.5 Å². The molecule has 0 spiro atoms. The zero-order valence-corrected chi connectivity index (χ0v) is 9.24. The molecular weight excluding hydrogens is 225 g/mol. The summed E-state index contributed by atoms with van der Waals surface area (Å²) in [6.45, 7) is 1.51. The predicted molar refractivity (Wildman–Crippen MR) is 62.0 cm³/mol. The Morgan fingerprint density at radius 2 is 2.12 bits per heavy atom. The van der Waals surface area contributed by atoms with Crippen LogP contribution in [0.4, 0.5) is 16.0 Å². The fourth-order valence-corrected chi connectivity index (χ4v) is 1.93. The van der Waals surface area contributed by atoms with Crippen LogP contribution in [0.5, 0.6) is 0 Å². The minimum absolute atomic E-state index is 0.0482. The van der Waals surface area contributed by atoms with Crippen LogP contribution in [0.2, 0.25) is 0 Å². The monoisotopic (exact) mass is 239 g/mol. The summed E-state index contributed by atoms with van der Waals surface area (Å²) in [5.74, 6) is 4.23. The number of carbonyl (C=O) groups excluding carboxylic acids is 1. The second-order valence-electron chi connectivity index (χ2n) is 3.89. The molecule has 2 rings (SSSR count). The van der Waals surface area contributed by atoms with E-state index in [1.165, 1.54) is 0 Å². The van der Waals surface area contributed by atoms with Gasteiger partial charge in [-0.15, -0.1) is 0 Å². The van der Waals surface area contributed by atoms with E-state index in [4.69, 9.17) is 11.6 Å². The van der Waals surface area contributed by atoms with Gasteiger partial charge in [-0.25, -0.2) is 15.2 Å². The Morgan fingerprint density at radius 1 is 1.47 bits per heavy atom. The van der Waals surface area contributed by atoms with E-state index in [1.807, 2.05) is 4.90 Å². The van der Waals surface area contributed by atoms with E-state index in [9.17, 15) is 9.18 Å². The molecule has 5 N–H and O–H groups in total. The van der Waals surface area contributed by atoms with E-state index in [-0.39, 0.29) is 17.2 Å². The molecule has 1 fully saturated rings. The minimum atomic E-state index is -0.766. The lowest BCUT2D eigenvalue weighted by Crippen LogP contribution is -2.24. The SMILES string of the molecule is NNc1nc(N2CCCC2)c(F)cc1C(N)=O. The number of hydrogen-bond acceptors (Lipinski definition) is 5. The zero-order chi connectivity index (χ0) is 12.4. The highest BCUT2D eigenvalue weighted by Gasteiger charge is 2.21. The molecule has 0 atom stereocenters. The van der Waals surface area contributed by atoms with Crippen LogP contribution >= 0.6 is 0 Å². The molecule has 7 heteroatoms. The Labute approximate surface area is 97.8 Å². The highest BCUT2D eigenvalue weighted by atomic mass is 19.1. The zero-order valence-electron chi connectivity index (χ0n) is 9.24. The predicted octanol–water partition coefficient (Wildman–Crippen LogP) is 0.205. The molecule has 0 unspecified atom stereocenters. The second kappa shape index (κ2) is 4.54. The summed E-state index contributed by atoms with van der Waals surface area (Å²) in [6, 6.07) is 1.07. The van der Waals surface area contributed by atoms with Crippen molar-refractivity contribution in [2.75, 3.05) is 23.4 Å². The van der Waals surface area contributed by atoms with Gasteiger partial charge in [0.25, 0.3) is 5.91 Å². The molecule has 1 aromatic heterocycles. The maximum Gasteiger partial charge on any atom is 0.252 e. The van der Waals surface area contributed by atoms with Gasteiger partial charge < -0.3 is 16.1 Å². The first-order valence-corrected chi connectivity index (χ1v) is 5.35. The molecule has 1 aliphatic heterocycles. The molecule has 92 valence electrons. The van der Waals surface area contributed by atoms with Gasteiger partial charge in [0, 0.05) is 13.1 Å². The summed E-state index contributed by atoms with van der Waals surface area (Å²) < 4.78 is 13.8. The minimum Gasteiger partial charge on any atom is -0.365 e. The van der Waals surface area contributed by atoms with Crippen LogP contribution in [0.1, 0.15) is 23.2 Å². The molecule has 0 saturated carbocycles. The van der Waals surface area contributed by atoms with Gasteiger partial charge in [-0.1, -0.05) is 0 Å². The molecule has 0 radical (unpaired) electrons. The van der Waals surface area contributed by atoms with Crippen molar-refractivity contribution in [1.82, 2.24) is 4.98 Å². The third-order valence-electron chi connectivity index (χ3n) is 2.77. The van der Waals surface area contributed by atoms with Gasteiger partial charge in [0.1, 0.15) is 0 Å². The molecule has 1 aliphatic rings. The maximum atomic E-state index is 13.8. The molecular formula is C10H14FN5O. The Hall–Kier alpha value is -1.89. The Kier molecular flexibility index (Phi) is 3.10. The standard InChI is InChI=1S/C10H14FN5O/c11-7-5-6(8(12)17)9(15-13)14-10(7)16-3-1-2-4-16/h5H,1-4,13H2,(H2,12,17)(H,14,15). The Balaban J connectivity index is 2.44. The van der Waals surface area contributed by atoms with Crippen molar-refractivity contribution in [3.05, 3.63) is 17.4 Å². The number of nitrogens with one attached hydrogen (secondary N) is 1. The molecule has 1 saturated heterocycles. The van der Waals surface area contributed by atoms with Crippen molar-refractivity contribution in [3.8, 4) is 0 Å². The van der Waals surface area contributed by atoms with E-state index in [0.717, 1.165) is 32.0 Å². The van der Waals surface area contributed by atoms with E-state index in [1.54, 1.807) is 0 Å². The average molecular weight is 239 g/mol. The third-order valence-corrected chi connectivity index (χ3v) is 2.77. The number of hydrazine groups is 1. The molecule has 1 amide bonds. The first kappa shape index (κ1) is 11.6. The third kappa shape index (κ3) is 2.14. The van der Waals surface area contributed by atoms with E-state index in [2.05, 4.69) is 10.4 Å². The van der Waals surface area contributed by atoms with Crippen LogP contribution in [-0.2, 0) is 0 Å². The highest BCUT2D eigenvalue weighted by Crippen LogP contribution is 2.25. The first-order valence-electron chi connectivity index (χ1n) is 5.35. The van der Waals surface area contributed by atoms with E-state index < -0.39 is 11.7 Å². The normalized spacial score (nSPS) is 15.1. The van der Waals surface area contributed by atoms with E-state index in [0.29, 0.717) is 0 Å². The van der Waals surface area contributed by atoms with Crippen molar-refractivity contribution in [2.45, 2.75) is 12.8 Å².